The number of ether oxygens (including phenoxy) is 1. The Hall–Kier alpha value is -1.69. The summed E-state index contributed by atoms with van der Waals surface area (Å²) in [5.74, 6) is -1.15. The minimum atomic E-state index is -0.585. The van der Waals surface area contributed by atoms with Crippen molar-refractivity contribution in [1.29, 1.82) is 0 Å². The third kappa shape index (κ3) is 7.60. The molecule has 0 aromatic heterocycles. The van der Waals surface area contributed by atoms with Crippen LogP contribution in [-0.2, 0) is 11.3 Å². The van der Waals surface area contributed by atoms with Crippen molar-refractivity contribution in [2.24, 2.45) is 0 Å². The van der Waals surface area contributed by atoms with E-state index in [1.54, 1.807) is 20.8 Å². The fraction of sp³-hybridized carbons (Fsp3) is 0.533. The molecule has 4 nitrogen and oxygen atoms in total. The smallest absolute Gasteiger partial charge is 0.407 e. The van der Waals surface area contributed by atoms with Crippen LogP contribution in [0.4, 0.5) is 13.6 Å². The van der Waals surface area contributed by atoms with Gasteiger partial charge >= 0.3 is 6.09 Å². The number of carbonyl (C=O) groups excluding carboxylic acids is 1. The summed E-state index contributed by atoms with van der Waals surface area (Å²) in [6.45, 7) is 6.78. The summed E-state index contributed by atoms with van der Waals surface area (Å²) in [6.07, 6.45) is 0.231. The van der Waals surface area contributed by atoms with Crippen molar-refractivity contribution in [2.45, 2.75) is 39.3 Å². The molecule has 0 heterocycles. The second-order valence-corrected chi connectivity index (χ2v) is 5.69. The summed E-state index contributed by atoms with van der Waals surface area (Å²) < 4.78 is 31.1. The maximum absolute atomic E-state index is 13.3. The van der Waals surface area contributed by atoms with Gasteiger partial charge in [0, 0.05) is 24.7 Å². The predicted octanol–water partition coefficient (Wildman–Crippen LogP) is 2.97. The zero-order valence-corrected chi connectivity index (χ0v) is 12.6. The molecule has 0 bridgehead atoms. The zero-order chi connectivity index (χ0) is 15.9. The lowest BCUT2D eigenvalue weighted by atomic mass is 10.2. The second kappa shape index (κ2) is 7.93. The Morgan fingerprint density at radius 1 is 1.24 bits per heavy atom. The largest absolute Gasteiger partial charge is 0.444 e. The summed E-state index contributed by atoms with van der Waals surface area (Å²) in [4.78, 5) is 11.4. The van der Waals surface area contributed by atoms with Gasteiger partial charge in [0.1, 0.15) is 17.2 Å². The second-order valence-electron chi connectivity index (χ2n) is 5.69. The van der Waals surface area contributed by atoms with Crippen LogP contribution in [0.15, 0.2) is 18.2 Å². The Bertz CT molecular complexity index is 473. The molecule has 0 atom stereocenters. The van der Waals surface area contributed by atoms with E-state index in [0.29, 0.717) is 31.6 Å². The van der Waals surface area contributed by atoms with Crippen molar-refractivity contribution in [3.8, 4) is 0 Å². The van der Waals surface area contributed by atoms with Gasteiger partial charge in [0.25, 0.3) is 0 Å². The molecule has 1 amide bonds. The van der Waals surface area contributed by atoms with E-state index in [0.717, 1.165) is 6.07 Å². The summed E-state index contributed by atoms with van der Waals surface area (Å²) in [6, 6.07) is 3.50. The SMILES string of the molecule is CC(C)(C)OC(=O)NCCCNCc1ccc(F)cc1F. The number of halogens is 2. The van der Waals surface area contributed by atoms with Gasteiger partial charge < -0.3 is 15.4 Å². The van der Waals surface area contributed by atoms with Crippen LogP contribution in [-0.4, -0.2) is 24.8 Å². The molecule has 1 rings (SSSR count). The van der Waals surface area contributed by atoms with Crippen LogP contribution < -0.4 is 10.6 Å². The Kier molecular flexibility index (Phi) is 6.55. The Balaban J connectivity index is 2.13. The highest BCUT2D eigenvalue weighted by Crippen LogP contribution is 2.09. The molecule has 21 heavy (non-hydrogen) atoms. The number of carbonyl (C=O) groups is 1. The number of hydrogen-bond acceptors (Lipinski definition) is 3. The Morgan fingerprint density at radius 2 is 1.95 bits per heavy atom. The summed E-state index contributed by atoms with van der Waals surface area (Å²) >= 11 is 0. The number of alkyl carbamates (subject to hydrolysis) is 1. The number of hydrogen-bond donors (Lipinski definition) is 2. The summed E-state index contributed by atoms with van der Waals surface area (Å²) in [5.41, 5.74) is -0.0980. The first kappa shape index (κ1) is 17.4. The molecular formula is C15H22F2N2O2. The monoisotopic (exact) mass is 300 g/mol. The van der Waals surface area contributed by atoms with E-state index in [4.69, 9.17) is 4.74 Å². The lowest BCUT2D eigenvalue weighted by Crippen LogP contribution is -2.33. The van der Waals surface area contributed by atoms with Crippen molar-refractivity contribution >= 4 is 6.09 Å². The standard InChI is InChI=1S/C15H22F2N2O2/c1-15(2,3)21-14(20)19-8-4-7-18-10-11-5-6-12(16)9-13(11)17/h5-6,9,18H,4,7-8,10H2,1-3H3,(H,19,20). The molecule has 1 aromatic rings. The number of amides is 1. The fourth-order valence-electron chi connectivity index (χ4n) is 1.61. The van der Waals surface area contributed by atoms with Crippen LogP contribution >= 0.6 is 0 Å². The first-order valence-corrected chi connectivity index (χ1v) is 6.89. The fourth-order valence-corrected chi connectivity index (χ4v) is 1.61. The first-order valence-electron chi connectivity index (χ1n) is 6.89. The topological polar surface area (TPSA) is 50.4 Å². The van der Waals surface area contributed by atoms with Crippen LogP contribution in [0.2, 0.25) is 0 Å². The number of nitrogens with one attached hydrogen (secondary N) is 2. The number of rotatable bonds is 6. The van der Waals surface area contributed by atoms with E-state index in [9.17, 15) is 13.6 Å². The van der Waals surface area contributed by atoms with Gasteiger partial charge in [-0.05, 0) is 39.8 Å². The van der Waals surface area contributed by atoms with E-state index in [2.05, 4.69) is 10.6 Å². The van der Waals surface area contributed by atoms with Crippen molar-refractivity contribution in [3.63, 3.8) is 0 Å². The predicted molar refractivity (Wildman–Crippen MR) is 76.9 cm³/mol. The highest BCUT2D eigenvalue weighted by atomic mass is 19.1. The van der Waals surface area contributed by atoms with Gasteiger partial charge in [-0.2, -0.15) is 0 Å². The molecule has 0 aliphatic rings. The lowest BCUT2D eigenvalue weighted by molar-refractivity contribution is 0.0527. The van der Waals surface area contributed by atoms with Crippen LogP contribution in [0.25, 0.3) is 0 Å². The van der Waals surface area contributed by atoms with Gasteiger partial charge in [0.2, 0.25) is 0 Å². The molecule has 0 saturated heterocycles. The van der Waals surface area contributed by atoms with Crippen molar-refractivity contribution < 1.29 is 18.3 Å². The van der Waals surface area contributed by atoms with Crippen molar-refractivity contribution in [3.05, 3.63) is 35.4 Å². The minimum Gasteiger partial charge on any atom is -0.444 e. The van der Waals surface area contributed by atoms with Gasteiger partial charge in [0.15, 0.2) is 0 Å². The van der Waals surface area contributed by atoms with Crippen molar-refractivity contribution in [2.75, 3.05) is 13.1 Å². The molecule has 118 valence electrons. The molecule has 0 saturated carbocycles. The highest BCUT2D eigenvalue weighted by molar-refractivity contribution is 5.67. The molecule has 0 unspecified atom stereocenters. The minimum absolute atomic E-state index is 0.318. The zero-order valence-electron chi connectivity index (χ0n) is 12.6. The lowest BCUT2D eigenvalue weighted by Gasteiger charge is -2.19. The molecule has 6 heteroatoms. The normalized spacial score (nSPS) is 11.3. The van der Waals surface area contributed by atoms with Crippen LogP contribution in [0.3, 0.4) is 0 Å². The van der Waals surface area contributed by atoms with Gasteiger partial charge in [-0.15, -0.1) is 0 Å². The molecule has 0 aliphatic carbocycles. The van der Waals surface area contributed by atoms with Crippen molar-refractivity contribution in [1.82, 2.24) is 10.6 Å². The Labute approximate surface area is 123 Å². The molecule has 1 aromatic carbocycles. The van der Waals surface area contributed by atoms with E-state index in [1.807, 2.05) is 0 Å². The highest BCUT2D eigenvalue weighted by Gasteiger charge is 2.15. The van der Waals surface area contributed by atoms with E-state index < -0.39 is 23.3 Å². The van der Waals surface area contributed by atoms with Crippen LogP contribution in [0.5, 0.6) is 0 Å². The summed E-state index contributed by atoms with van der Waals surface area (Å²) in [7, 11) is 0. The van der Waals surface area contributed by atoms with Gasteiger partial charge in [-0.3, -0.25) is 0 Å². The van der Waals surface area contributed by atoms with Gasteiger partial charge in [0.05, 0.1) is 0 Å². The Morgan fingerprint density at radius 3 is 2.57 bits per heavy atom. The van der Waals surface area contributed by atoms with E-state index >= 15 is 0 Å². The quantitative estimate of drug-likeness (QED) is 0.794. The molecular weight excluding hydrogens is 278 g/mol. The van der Waals surface area contributed by atoms with Crippen LogP contribution in [0.1, 0.15) is 32.8 Å². The van der Waals surface area contributed by atoms with Gasteiger partial charge in [-0.1, -0.05) is 6.07 Å². The average Bonchev–Trinajstić information content (AvgIpc) is 2.33. The van der Waals surface area contributed by atoms with Gasteiger partial charge in [-0.25, -0.2) is 13.6 Å². The average molecular weight is 300 g/mol. The summed E-state index contributed by atoms with van der Waals surface area (Å²) in [5, 5.41) is 5.66. The van der Waals surface area contributed by atoms with E-state index in [1.165, 1.54) is 12.1 Å². The molecule has 0 aliphatic heterocycles. The van der Waals surface area contributed by atoms with E-state index in [-0.39, 0.29) is 0 Å². The first-order chi connectivity index (χ1) is 9.78. The maximum Gasteiger partial charge on any atom is 0.407 e. The third-order valence-electron chi connectivity index (χ3n) is 2.53. The number of benzene rings is 1. The van der Waals surface area contributed by atoms with Crippen LogP contribution in [0, 0.1) is 11.6 Å². The molecule has 0 radical (unpaired) electrons. The third-order valence-corrected chi connectivity index (χ3v) is 2.53. The molecule has 2 N–H and O–H groups in total. The molecule has 0 spiro atoms. The maximum atomic E-state index is 13.3. The molecule has 0 fully saturated rings.